The number of nitrogens with one attached hydrogen (secondary N) is 1. The lowest BCUT2D eigenvalue weighted by Crippen LogP contribution is -2.36. The van der Waals surface area contributed by atoms with E-state index in [0.717, 1.165) is 24.3 Å². The van der Waals surface area contributed by atoms with Gasteiger partial charge < -0.3 is 19.4 Å². The van der Waals surface area contributed by atoms with Crippen LogP contribution in [-0.4, -0.2) is 42.2 Å². The van der Waals surface area contributed by atoms with Gasteiger partial charge in [-0.2, -0.15) is 0 Å². The Balaban J connectivity index is 1.34. The van der Waals surface area contributed by atoms with Gasteiger partial charge in [0.2, 0.25) is 5.89 Å². The molecule has 0 atom stereocenters. The second-order valence-electron chi connectivity index (χ2n) is 7.90. The van der Waals surface area contributed by atoms with E-state index >= 15 is 0 Å². The highest BCUT2D eigenvalue weighted by molar-refractivity contribution is 6.07. The smallest absolute Gasteiger partial charge is 0.257 e. The Morgan fingerprint density at radius 1 is 0.939 bits per heavy atom. The summed E-state index contributed by atoms with van der Waals surface area (Å²) in [5.41, 5.74) is 4.21. The summed E-state index contributed by atoms with van der Waals surface area (Å²) >= 11 is 0. The lowest BCUT2D eigenvalue weighted by molar-refractivity contribution is 0.102. The molecule has 0 bridgehead atoms. The van der Waals surface area contributed by atoms with Crippen LogP contribution >= 0.6 is 0 Å². The van der Waals surface area contributed by atoms with Gasteiger partial charge >= 0.3 is 0 Å². The Hall–Kier alpha value is -3.97. The molecule has 4 aromatic rings. The van der Waals surface area contributed by atoms with E-state index < -0.39 is 0 Å². The van der Waals surface area contributed by atoms with Crippen molar-refractivity contribution in [1.82, 2.24) is 9.97 Å². The third-order valence-electron chi connectivity index (χ3n) is 5.61. The molecule has 3 heterocycles. The summed E-state index contributed by atoms with van der Waals surface area (Å²) < 4.78 is 11.4. The number of carbonyl (C=O) groups excluding carboxylic acids is 1. The van der Waals surface area contributed by atoms with E-state index in [0.29, 0.717) is 41.8 Å². The minimum atomic E-state index is -0.271. The van der Waals surface area contributed by atoms with Crippen molar-refractivity contribution >= 4 is 17.4 Å². The number of aromatic nitrogens is 2. The monoisotopic (exact) mass is 440 g/mol. The average Bonchev–Trinajstić information content (AvgIpc) is 3.36. The number of morpholine rings is 1. The van der Waals surface area contributed by atoms with Crippen LogP contribution < -0.4 is 10.2 Å². The summed E-state index contributed by atoms with van der Waals surface area (Å²) in [5, 5.41) is 2.88. The Bertz CT molecular complexity index is 1240. The van der Waals surface area contributed by atoms with Gasteiger partial charge in [0, 0.05) is 24.2 Å². The Labute approximate surface area is 192 Å². The predicted octanol–water partition coefficient (Wildman–Crippen LogP) is 4.80. The van der Waals surface area contributed by atoms with Gasteiger partial charge in [0.15, 0.2) is 5.76 Å². The van der Waals surface area contributed by atoms with Gasteiger partial charge in [-0.15, -0.1) is 0 Å². The molecule has 2 aromatic carbocycles. The first-order chi connectivity index (χ1) is 16.2. The van der Waals surface area contributed by atoms with E-state index in [1.54, 1.807) is 18.5 Å². The zero-order chi connectivity index (χ0) is 22.6. The highest BCUT2D eigenvalue weighted by Crippen LogP contribution is 2.29. The van der Waals surface area contributed by atoms with Crippen LogP contribution in [0.2, 0.25) is 0 Å². The molecular formula is C26H24N4O3. The fraction of sp³-hybridized carbons (Fsp3) is 0.192. The fourth-order valence-electron chi connectivity index (χ4n) is 3.77. The molecule has 1 saturated heterocycles. The number of nitrogens with zero attached hydrogens (tertiary/aromatic N) is 3. The van der Waals surface area contributed by atoms with Crippen molar-refractivity contribution in [3.8, 4) is 22.8 Å². The first kappa shape index (κ1) is 20.9. The zero-order valence-corrected chi connectivity index (χ0v) is 18.3. The van der Waals surface area contributed by atoms with Gasteiger partial charge in [-0.25, -0.2) is 9.97 Å². The maximum Gasteiger partial charge on any atom is 0.257 e. The summed E-state index contributed by atoms with van der Waals surface area (Å²) in [5.74, 6) is 1.26. The van der Waals surface area contributed by atoms with Crippen LogP contribution in [0.4, 0.5) is 11.5 Å². The SMILES string of the molecule is Cc1ccc(-c2cnc(-c3ccccc3C(=O)Nc3ccc(N4CCOCC4)cn3)o2)cc1. The summed E-state index contributed by atoms with van der Waals surface area (Å²) in [7, 11) is 0. The zero-order valence-electron chi connectivity index (χ0n) is 18.3. The third kappa shape index (κ3) is 4.63. The van der Waals surface area contributed by atoms with Crippen LogP contribution in [0.1, 0.15) is 15.9 Å². The normalized spacial score (nSPS) is 13.7. The van der Waals surface area contributed by atoms with Crippen molar-refractivity contribution < 1.29 is 13.9 Å². The maximum atomic E-state index is 13.1. The molecule has 166 valence electrons. The number of oxazole rings is 1. The van der Waals surface area contributed by atoms with Crippen LogP contribution in [0, 0.1) is 6.92 Å². The molecule has 1 amide bonds. The molecule has 1 aliphatic heterocycles. The average molecular weight is 441 g/mol. The molecule has 0 aliphatic carbocycles. The summed E-state index contributed by atoms with van der Waals surface area (Å²) in [4.78, 5) is 24.1. The predicted molar refractivity (Wildman–Crippen MR) is 127 cm³/mol. The van der Waals surface area contributed by atoms with E-state index in [-0.39, 0.29) is 5.91 Å². The van der Waals surface area contributed by atoms with Crippen molar-refractivity contribution in [1.29, 1.82) is 0 Å². The summed E-state index contributed by atoms with van der Waals surface area (Å²) in [6.45, 7) is 5.13. The quantitative estimate of drug-likeness (QED) is 0.480. The molecule has 0 radical (unpaired) electrons. The topological polar surface area (TPSA) is 80.5 Å². The Morgan fingerprint density at radius 2 is 1.73 bits per heavy atom. The number of rotatable bonds is 5. The molecule has 7 heteroatoms. The van der Waals surface area contributed by atoms with Gasteiger partial charge in [-0.3, -0.25) is 4.79 Å². The summed E-state index contributed by atoms with van der Waals surface area (Å²) in [6.07, 6.45) is 3.45. The molecule has 0 saturated carbocycles. The lowest BCUT2D eigenvalue weighted by atomic mass is 10.1. The van der Waals surface area contributed by atoms with Crippen molar-refractivity contribution in [2.24, 2.45) is 0 Å². The highest BCUT2D eigenvalue weighted by atomic mass is 16.5. The second-order valence-corrected chi connectivity index (χ2v) is 7.90. The van der Waals surface area contributed by atoms with Crippen LogP contribution in [0.5, 0.6) is 0 Å². The number of ether oxygens (including phenoxy) is 1. The first-order valence-corrected chi connectivity index (χ1v) is 10.9. The first-order valence-electron chi connectivity index (χ1n) is 10.9. The second kappa shape index (κ2) is 9.26. The van der Waals surface area contributed by atoms with E-state index in [1.807, 2.05) is 61.5 Å². The summed E-state index contributed by atoms with van der Waals surface area (Å²) in [6, 6.07) is 19.1. The van der Waals surface area contributed by atoms with E-state index in [4.69, 9.17) is 9.15 Å². The van der Waals surface area contributed by atoms with E-state index in [1.165, 1.54) is 5.56 Å². The van der Waals surface area contributed by atoms with Crippen LogP contribution in [0.3, 0.4) is 0 Å². The highest BCUT2D eigenvalue weighted by Gasteiger charge is 2.18. The van der Waals surface area contributed by atoms with Gasteiger partial charge in [-0.1, -0.05) is 42.0 Å². The van der Waals surface area contributed by atoms with Crippen LogP contribution in [0.15, 0.2) is 77.5 Å². The van der Waals surface area contributed by atoms with Crippen molar-refractivity contribution in [3.05, 3.63) is 84.2 Å². The van der Waals surface area contributed by atoms with E-state index in [9.17, 15) is 4.79 Å². The third-order valence-corrected chi connectivity index (χ3v) is 5.61. The molecular weight excluding hydrogens is 416 g/mol. The lowest BCUT2D eigenvalue weighted by Gasteiger charge is -2.28. The molecule has 33 heavy (non-hydrogen) atoms. The standard InChI is InChI=1S/C26H24N4O3/c1-18-6-8-19(9-7-18)23-17-28-26(33-23)22-5-3-2-4-21(22)25(31)29-24-11-10-20(16-27-24)30-12-14-32-15-13-30/h2-11,16-17H,12-15H2,1H3,(H,27,29,31). The van der Waals surface area contributed by atoms with Crippen molar-refractivity contribution in [2.45, 2.75) is 6.92 Å². The minimum absolute atomic E-state index is 0.271. The number of hydrogen-bond acceptors (Lipinski definition) is 6. The molecule has 0 unspecified atom stereocenters. The van der Waals surface area contributed by atoms with Gasteiger partial charge in [0.05, 0.1) is 36.9 Å². The van der Waals surface area contributed by atoms with Crippen molar-refractivity contribution in [2.75, 3.05) is 36.5 Å². The number of carbonyl (C=O) groups is 1. The van der Waals surface area contributed by atoms with Gasteiger partial charge in [0.1, 0.15) is 5.82 Å². The Morgan fingerprint density at radius 3 is 2.48 bits per heavy atom. The number of hydrogen-bond donors (Lipinski definition) is 1. The molecule has 7 nitrogen and oxygen atoms in total. The molecule has 0 spiro atoms. The minimum Gasteiger partial charge on any atom is -0.436 e. The number of anilines is 2. The van der Waals surface area contributed by atoms with Crippen LogP contribution in [0.25, 0.3) is 22.8 Å². The van der Waals surface area contributed by atoms with Crippen molar-refractivity contribution in [3.63, 3.8) is 0 Å². The molecule has 2 aromatic heterocycles. The van der Waals surface area contributed by atoms with E-state index in [2.05, 4.69) is 20.2 Å². The van der Waals surface area contributed by atoms with Crippen LogP contribution in [-0.2, 0) is 4.74 Å². The Kier molecular flexibility index (Phi) is 5.87. The molecule has 1 N–H and O–H groups in total. The number of amides is 1. The molecule has 5 rings (SSSR count). The maximum absolute atomic E-state index is 13.1. The van der Waals surface area contributed by atoms with Gasteiger partial charge in [-0.05, 0) is 31.2 Å². The fourth-order valence-corrected chi connectivity index (χ4v) is 3.77. The molecule has 1 aliphatic rings. The largest absolute Gasteiger partial charge is 0.436 e. The molecule has 1 fully saturated rings. The number of pyridine rings is 1. The van der Waals surface area contributed by atoms with Gasteiger partial charge in [0.25, 0.3) is 5.91 Å². The number of aryl methyl sites for hydroxylation is 1. The number of benzene rings is 2.